The first-order valence-corrected chi connectivity index (χ1v) is 7.65. The number of hydrogen-bond donors (Lipinski definition) is 1. The van der Waals surface area contributed by atoms with Crippen molar-refractivity contribution in [2.75, 3.05) is 20.2 Å². The molecule has 3 heteroatoms. The monoisotopic (exact) mass is 275 g/mol. The highest BCUT2D eigenvalue weighted by atomic mass is 16.5. The quantitative estimate of drug-likeness (QED) is 0.916. The number of rotatable bonds is 4. The second-order valence-corrected chi connectivity index (χ2v) is 6.42. The van der Waals surface area contributed by atoms with Crippen LogP contribution in [0.25, 0.3) is 0 Å². The van der Waals surface area contributed by atoms with Crippen molar-refractivity contribution in [3.05, 3.63) is 29.3 Å². The number of nitrogens with one attached hydrogen (secondary N) is 1. The molecule has 3 rings (SSSR count). The van der Waals surface area contributed by atoms with Crippen LogP contribution in [0.2, 0.25) is 0 Å². The van der Waals surface area contributed by atoms with Crippen LogP contribution in [0.3, 0.4) is 0 Å². The van der Waals surface area contributed by atoms with Crippen LogP contribution >= 0.6 is 0 Å². The Hall–Kier alpha value is -1.06. The van der Waals surface area contributed by atoms with Gasteiger partial charge in [0, 0.05) is 25.0 Å². The van der Waals surface area contributed by atoms with Gasteiger partial charge in [0.1, 0.15) is 11.9 Å². The highest BCUT2D eigenvalue weighted by Gasteiger charge is 2.44. The molecule has 1 saturated heterocycles. The summed E-state index contributed by atoms with van der Waals surface area (Å²) < 4.78 is 12.0. The molecule has 1 aromatic carbocycles. The number of aryl methyl sites for hydroxylation is 1. The first-order chi connectivity index (χ1) is 9.63. The summed E-state index contributed by atoms with van der Waals surface area (Å²) in [7, 11) is 2.03. The van der Waals surface area contributed by atoms with Gasteiger partial charge in [-0.25, -0.2) is 0 Å². The summed E-state index contributed by atoms with van der Waals surface area (Å²) >= 11 is 0. The van der Waals surface area contributed by atoms with Crippen LogP contribution in [0.5, 0.6) is 5.75 Å². The van der Waals surface area contributed by atoms with E-state index in [0.717, 1.165) is 38.2 Å². The van der Waals surface area contributed by atoms with Gasteiger partial charge in [0.15, 0.2) is 0 Å². The number of hydrogen-bond acceptors (Lipinski definition) is 3. The predicted octanol–water partition coefficient (Wildman–Crippen LogP) is 2.70. The van der Waals surface area contributed by atoms with E-state index in [0.29, 0.717) is 12.2 Å². The van der Waals surface area contributed by atoms with Crippen molar-refractivity contribution >= 4 is 0 Å². The van der Waals surface area contributed by atoms with Crippen molar-refractivity contribution in [1.29, 1.82) is 0 Å². The van der Waals surface area contributed by atoms with Gasteiger partial charge in [0.25, 0.3) is 0 Å². The number of benzene rings is 1. The molecular weight excluding hydrogens is 250 g/mol. The second-order valence-electron chi connectivity index (χ2n) is 6.42. The summed E-state index contributed by atoms with van der Waals surface area (Å²) in [6, 6.07) is 6.50. The Morgan fingerprint density at radius 3 is 2.95 bits per heavy atom. The van der Waals surface area contributed by atoms with Gasteiger partial charge in [0.05, 0.1) is 6.10 Å². The van der Waals surface area contributed by atoms with Crippen LogP contribution in [-0.4, -0.2) is 32.4 Å². The fraction of sp³-hybridized carbons (Fsp3) is 0.647. The molecule has 20 heavy (non-hydrogen) atoms. The molecule has 110 valence electrons. The zero-order valence-electron chi connectivity index (χ0n) is 12.7. The minimum atomic E-state index is 0.219. The van der Waals surface area contributed by atoms with Gasteiger partial charge in [-0.1, -0.05) is 17.7 Å². The van der Waals surface area contributed by atoms with Crippen LogP contribution in [-0.2, 0) is 11.2 Å². The first-order valence-electron chi connectivity index (χ1n) is 7.65. The van der Waals surface area contributed by atoms with E-state index < -0.39 is 0 Å². The third-order valence-electron chi connectivity index (χ3n) is 4.95. The van der Waals surface area contributed by atoms with Crippen molar-refractivity contribution in [2.45, 2.75) is 45.3 Å². The molecule has 2 heterocycles. The van der Waals surface area contributed by atoms with Crippen LogP contribution in [0.1, 0.15) is 30.9 Å². The molecule has 1 aromatic rings. The minimum Gasteiger partial charge on any atom is -0.490 e. The molecule has 0 bridgehead atoms. The summed E-state index contributed by atoms with van der Waals surface area (Å²) in [4.78, 5) is 0. The van der Waals surface area contributed by atoms with Crippen molar-refractivity contribution in [3.8, 4) is 5.75 Å². The third-order valence-corrected chi connectivity index (χ3v) is 4.95. The largest absolute Gasteiger partial charge is 0.490 e. The summed E-state index contributed by atoms with van der Waals surface area (Å²) in [5, 5.41) is 3.35. The Morgan fingerprint density at radius 2 is 2.25 bits per heavy atom. The van der Waals surface area contributed by atoms with Crippen molar-refractivity contribution < 1.29 is 9.47 Å². The van der Waals surface area contributed by atoms with E-state index in [1.807, 2.05) is 7.05 Å². The molecule has 0 saturated carbocycles. The molecule has 3 nitrogen and oxygen atoms in total. The van der Waals surface area contributed by atoms with Gasteiger partial charge in [-0.05, 0) is 45.4 Å². The van der Waals surface area contributed by atoms with E-state index in [1.54, 1.807) is 0 Å². The molecule has 3 unspecified atom stereocenters. The summed E-state index contributed by atoms with van der Waals surface area (Å²) in [6.45, 7) is 6.23. The van der Waals surface area contributed by atoms with Crippen molar-refractivity contribution in [1.82, 2.24) is 5.32 Å². The number of fused-ring (bicyclic) bond motifs is 1. The zero-order chi connectivity index (χ0) is 14.2. The standard InChI is InChI=1S/C17H25NO2/c1-12-4-5-16-14(8-12)9-15(20-16)10-17(11-18-3)6-7-19-13(17)2/h4-5,8,13,15,18H,6-7,9-11H2,1-3H3. The second kappa shape index (κ2) is 5.38. The lowest BCUT2D eigenvalue weighted by atomic mass is 9.76. The molecule has 0 amide bonds. The highest BCUT2D eigenvalue weighted by molar-refractivity contribution is 5.40. The zero-order valence-corrected chi connectivity index (χ0v) is 12.7. The molecular formula is C17H25NO2. The Balaban J connectivity index is 1.72. The molecule has 0 aromatic heterocycles. The minimum absolute atomic E-state index is 0.219. The molecule has 2 aliphatic heterocycles. The van der Waals surface area contributed by atoms with Crippen molar-refractivity contribution in [2.24, 2.45) is 5.41 Å². The van der Waals surface area contributed by atoms with Gasteiger partial charge in [0.2, 0.25) is 0 Å². The molecule has 1 N–H and O–H groups in total. The van der Waals surface area contributed by atoms with Gasteiger partial charge in [-0.2, -0.15) is 0 Å². The summed E-state index contributed by atoms with van der Waals surface area (Å²) in [6.07, 6.45) is 3.84. The lowest BCUT2D eigenvalue weighted by molar-refractivity contribution is 0.0379. The topological polar surface area (TPSA) is 30.5 Å². The average Bonchev–Trinajstić information content (AvgIpc) is 2.94. The fourth-order valence-electron chi connectivity index (χ4n) is 3.76. The molecule has 3 atom stereocenters. The predicted molar refractivity (Wildman–Crippen MR) is 80.3 cm³/mol. The molecule has 0 radical (unpaired) electrons. The van der Waals surface area contributed by atoms with Crippen LogP contribution in [0.4, 0.5) is 0 Å². The maximum absolute atomic E-state index is 6.16. The van der Waals surface area contributed by atoms with Crippen LogP contribution in [0, 0.1) is 12.3 Å². The van der Waals surface area contributed by atoms with Crippen LogP contribution < -0.4 is 10.1 Å². The fourth-order valence-corrected chi connectivity index (χ4v) is 3.76. The molecule has 0 aliphatic carbocycles. The van der Waals surface area contributed by atoms with Gasteiger partial charge in [-0.3, -0.25) is 0 Å². The molecule has 0 spiro atoms. The Kier molecular flexibility index (Phi) is 3.74. The van der Waals surface area contributed by atoms with Gasteiger partial charge in [-0.15, -0.1) is 0 Å². The van der Waals surface area contributed by atoms with Gasteiger partial charge < -0.3 is 14.8 Å². The van der Waals surface area contributed by atoms with E-state index in [4.69, 9.17) is 9.47 Å². The Bertz CT molecular complexity index is 488. The Labute approximate surface area is 121 Å². The maximum Gasteiger partial charge on any atom is 0.123 e. The van der Waals surface area contributed by atoms with E-state index in [-0.39, 0.29) is 5.41 Å². The normalized spacial score (nSPS) is 32.1. The molecule has 2 aliphatic rings. The summed E-state index contributed by atoms with van der Waals surface area (Å²) in [5.74, 6) is 1.08. The summed E-state index contributed by atoms with van der Waals surface area (Å²) in [5.41, 5.74) is 2.90. The molecule has 1 fully saturated rings. The maximum atomic E-state index is 6.16. The van der Waals surface area contributed by atoms with E-state index >= 15 is 0 Å². The van der Waals surface area contributed by atoms with Crippen LogP contribution in [0.15, 0.2) is 18.2 Å². The lowest BCUT2D eigenvalue weighted by Crippen LogP contribution is -2.41. The van der Waals surface area contributed by atoms with E-state index in [1.165, 1.54) is 11.1 Å². The lowest BCUT2D eigenvalue weighted by Gasteiger charge is -2.34. The third kappa shape index (κ3) is 2.45. The SMILES string of the molecule is CNCC1(CC2Cc3cc(C)ccc3O2)CCOC1C. The smallest absolute Gasteiger partial charge is 0.123 e. The van der Waals surface area contributed by atoms with E-state index in [2.05, 4.69) is 37.4 Å². The van der Waals surface area contributed by atoms with E-state index in [9.17, 15) is 0 Å². The van der Waals surface area contributed by atoms with Crippen molar-refractivity contribution in [3.63, 3.8) is 0 Å². The number of ether oxygens (including phenoxy) is 2. The Morgan fingerprint density at radius 1 is 1.40 bits per heavy atom. The van der Waals surface area contributed by atoms with Gasteiger partial charge >= 0.3 is 0 Å². The highest BCUT2D eigenvalue weighted by Crippen LogP contribution is 2.42. The first kappa shape index (κ1) is 13.9. The average molecular weight is 275 g/mol.